The zero-order valence-corrected chi connectivity index (χ0v) is 18.2. The number of phosphoric acid groups is 1. The van der Waals surface area contributed by atoms with Crippen molar-refractivity contribution < 1.29 is 22.6 Å². The van der Waals surface area contributed by atoms with Crippen LogP contribution in [0.15, 0.2) is 57.9 Å². The number of benzene rings is 2. The second kappa shape index (κ2) is 8.72. The molecule has 0 atom stereocenters. The van der Waals surface area contributed by atoms with Crippen LogP contribution in [0.4, 0.5) is 0 Å². The van der Waals surface area contributed by atoms with Crippen molar-refractivity contribution >= 4 is 30.4 Å². The van der Waals surface area contributed by atoms with Crippen LogP contribution in [-0.4, -0.2) is 12.2 Å². The Morgan fingerprint density at radius 2 is 1.59 bits per heavy atom. The van der Waals surface area contributed by atoms with E-state index >= 15 is 0 Å². The molecule has 0 fully saturated rings. The SMILES string of the molecule is CC(C)OP(=O)(Oc1ccc2c(=O)c(-c3ccc(Cl)cc3)coc2c1)OC(C)C. The lowest BCUT2D eigenvalue weighted by Crippen LogP contribution is -2.11. The lowest BCUT2D eigenvalue weighted by atomic mass is 10.1. The molecule has 0 spiro atoms. The van der Waals surface area contributed by atoms with Crippen LogP contribution in [0.2, 0.25) is 5.02 Å². The molecular formula is C21H22ClO6P. The second-order valence-electron chi connectivity index (χ2n) is 6.99. The summed E-state index contributed by atoms with van der Waals surface area (Å²) in [5.41, 5.74) is 1.22. The molecule has 3 rings (SSSR count). The summed E-state index contributed by atoms with van der Waals surface area (Å²) in [5.74, 6) is 0.213. The van der Waals surface area contributed by atoms with Gasteiger partial charge < -0.3 is 8.94 Å². The Labute approximate surface area is 174 Å². The molecule has 0 saturated heterocycles. The zero-order chi connectivity index (χ0) is 21.2. The average Bonchev–Trinajstić information content (AvgIpc) is 2.61. The summed E-state index contributed by atoms with van der Waals surface area (Å²) in [7, 11) is -3.84. The Hall–Kier alpha value is -2.11. The topological polar surface area (TPSA) is 75.0 Å². The van der Waals surface area contributed by atoms with Crippen LogP contribution in [0.3, 0.4) is 0 Å². The average molecular weight is 437 g/mol. The molecule has 0 unspecified atom stereocenters. The monoisotopic (exact) mass is 436 g/mol. The van der Waals surface area contributed by atoms with Gasteiger partial charge in [-0.1, -0.05) is 23.7 Å². The van der Waals surface area contributed by atoms with Crippen molar-refractivity contribution in [1.82, 2.24) is 0 Å². The Morgan fingerprint density at radius 3 is 2.17 bits per heavy atom. The van der Waals surface area contributed by atoms with Gasteiger partial charge in [0.15, 0.2) is 5.43 Å². The second-order valence-corrected chi connectivity index (χ2v) is 8.93. The van der Waals surface area contributed by atoms with Crippen molar-refractivity contribution in [3.63, 3.8) is 0 Å². The highest BCUT2D eigenvalue weighted by Crippen LogP contribution is 2.51. The van der Waals surface area contributed by atoms with Crippen LogP contribution in [0.1, 0.15) is 27.7 Å². The molecule has 6 nitrogen and oxygen atoms in total. The Bertz CT molecular complexity index is 1090. The molecule has 0 bridgehead atoms. The smallest absolute Gasteiger partial charge is 0.463 e. The fourth-order valence-electron chi connectivity index (χ4n) is 2.71. The van der Waals surface area contributed by atoms with Gasteiger partial charge in [-0.15, -0.1) is 0 Å². The van der Waals surface area contributed by atoms with E-state index in [1.54, 1.807) is 58.0 Å². The first-order chi connectivity index (χ1) is 13.7. The highest BCUT2D eigenvalue weighted by atomic mass is 35.5. The molecule has 0 aliphatic rings. The summed E-state index contributed by atoms with van der Waals surface area (Å²) in [4.78, 5) is 12.9. The largest absolute Gasteiger partial charge is 0.530 e. The first-order valence-electron chi connectivity index (χ1n) is 9.15. The molecule has 3 aromatic rings. The molecule has 8 heteroatoms. The highest BCUT2D eigenvalue weighted by molar-refractivity contribution is 7.49. The van der Waals surface area contributed by atoms with Crippen molar-refractivity contribution in [1.29, 1.82) is 0 Å². The lowest BCUT2D eigenvalue weighted by molar-refractivity contribution is 0.103. The molecule has 0 amide bonds. The molecule has 1 heterocycles. The van der Waals surface area contributed by atoms with Gasteiger partial charge in [0.1, 0.15) is 17.6 Å². The van der Waals surface area contributed by atoms with Gasteiger partial charge in [0.2, 0.25) is 0 Å². The van der Waals surface area contributed by atoms with Gasteiger partial charge in [0.05, 0.1) is 23.2 Å². The summed E-state index contributed by atoms with van der Waals surface area (Å²) >= 11 is 5.91. The van der Waals surface area contributed by atoms with Crippen molar-refractivity contribution in [2.24, 2.45) is 0 Å². The van der Waals surface area contributed by atoms with Gasteiger partial charge in [-0.05, 0) is 57.5 Å². The fraction of sp³-hybridized carbons (Fsp3) is 0.286. The maximum atomic E-state index is 12.9. The Morgan fingerprint density at radius 1 is 0.966 bits per heavy atom. The van der Waals surface area contributed by atoms with Crippen LogP contribution in [0.25, 0.3) is 22.1 Å². The van der Waals surface area contributed by atoms with Crippen LogP contribution in [0, 0.1) is 0 Å². The molecule has 0 radical (unpaired) electrons. The number of hydrogen-bond donors (Lipinski definition) is 0. The fourth-order valence-corrected chi connectivity index (χ4v) is 4.37. The van der Waals surface area contributed by atoms with Crippen LogP contribution in [0.5, 0.6) is 5.75 Å². The van der Waals surface area contributed by atoms with Crippen molar-refractivity contribution in [3.05, 3.63) is 64.0 Å². The van der Waals surface area contributed by atoms with E-state index < -0.39 is 7.82 Å². The molecule has 0 aliphatic carbocycles. The highest BCUT2D eigenvalue weighted by Gasteiger charge is 2.31. The molecule has 2 aromatic carbocycles. The lowest BCUT2D eigenvalue weighted by Gasteiger charge is -2.22. The van der Waals surface area contributed by atoms with E-state index in [1.165, 1.54) is 18.4 Å². The van der Waals surface area contributed by atoms with E-state index in [2.05, 4.69) is 0 Å². The summed E-state index contributed by atoms with van der Waals surface area (Å²) < 4.78 is 34.8. The van der Waals surface area contributed by atoms with Gasteiger partial charge in [-0.25, -0.2) is 4.57 Å². The van der Waals surface area contributed by atoms with Gasteiger partial charge in [0, 0.05) is 11.1 Å². The molecule has 0 N–H and O–H groups in total. The van der Waals surface area contributed by atoms with E-state index in [0.717, 1.165) is 0 Å². The molecular weight excluding hydrogens is 415 g/mol. The third kappa shape index (κ3) is 5.28. The van der Waals surface area contributed by atoms with Crippen LogP contribution < -0.4 is 9.95 Å². The van der Waals surface area contributed by atoms with Crippen molar-refractivity contribution in [2.45, 2.75) is 39.9 Å². The van der Waals surface area contributed by atoms with Gasteiger partial charge >= 0.3 is 7.82 Å². The van der Waals surface area contributed by atoms with E-state index in [1.807, 2.05) is 0 Å². The van der Waals surface area contributed by atoms with Crippen LogP contribution in [-0.2, 0) is 13.6 Å². The predicted octanol–water partition coefficient (Wildman–Crippen LogP) is 6.45. The van der Waals surface area contributed by atoms with E-state index in [9.17, 15) is 9.36 Å². The van der Waals surface area contributed by atoms with Crippen molar-refractivity contribution in [3.8, 4) is 16.9 Å². The summed E-state index contributed by atoms with van der Waals surface area (Å²) in [6, 6.07) is 11.5. The summed E-state index contributed by atoms with van der Waals surface area (Å²) in [5, 5.41) is 0.951. The molecule has 0 saturated carbocycles. The maximum absolute atomic E-state index is 12.9. The van der Waals surface area contributed by atoms with E-state index in [-0.39, 0.29) is 23.4 Å². The van der Waals surface area contributed by atoms with Gasteiger partial charge in [-0.3, -0.25) is 13.8 Å². The number of phosphoric ester groups is 1. The normalized spacial score (nSPS) is 12.1. The molecule has 154 valence electrons. The quantitative estimate of drug-likeness (QED) is 0.396. The third-order valence-electron chi connectivity index (χ3n) is 3.80. The summed E-state index contributed by atoms with van der Waals surface area (Å²) in [6.07, 6.45) is 0.659. The molecule has 1 aromatic heterocycles. The predicted molar refractivity (Wildman–Crippen MR) is 114 cm³/mol. The first kappa shape index (κ1) is 21.6. The number of hydrogen-bond acceptors (Lipinski definition) is 6. The number of fused-ring (bicyclic) bond motifs is 1. The maximum Gasteiger partial charge on any atom is 0.530 e. The minimum Gasteiger partial charge on any atom is -0.463 e. The third-order valence-corrected chi connectivity index (χ3v) is 5.84. The Balaban J connectivity index is 1.96. The minimum atomic E-state index is -3.84. The number of rotatable bonds is 7. The van der Waals surface area contributed by atoms with Gasteiger partial charge in [-0.2, -0.15) is 0 Å². The molecule has 29 heavy (non-hydrogen) atoms. The zero-order valence-electron chi connectivity index (χ0n) is 16.5. The minimum absolute atomic E-state index is 0.194. The van der Waals surface area contributed by atoms with Crippen molar-refractivity contribution in [2.75, 3.05) is 0 Å². The van der Waals surface area contributed by atoms with Crippen LogP contribution >= 0.6 is 19.4 Å². The number of halogens is 1. The molecule has 0 aliphatic heterocycles. The standard InChI is InChI=1S/C21H22ClO6P/c1-13(2)26-29(24,27-14(3)4)28-17-9-10-18-20(11-17)25-12-19(21(18)23)15-5-7-16(22)8-6-15/h5-14H,1-4H3. The summed E-state index contributed by atoms with van der Waals surface area (Å²) in [6.45, 7) is 6.93. The van der Waals surface area contributed by atoms with E-state index in [0.29, 0.717) is 27.1 Å². The van der Waals surface area contributed by atoms with Gasteiger partial charge in [0.25, 0.3) is 0 Å². The van der Waals surface area contributed by atoms with E-state index in [4.69, 9.17) is 29.6 Å². The first-order valence-corrected chi connectivity index (χ1v) is 11.0. The Kier molecular flexibility index (Phi) is 6.49.